The summed E-state index contributed by atoms with van der Waals surface area (Å²) >= 11 is 6.04. The number of aromatic nitrogens is 4. The maximum atomic E-state index is 15.3. The topological polar surface area (TPSA) is 84.9 Å². The third kappa shape index (κ3) is 5.13. The van der Waals surface area contributed by atoms with Crippen LogP contribution in [0, 0.1) is 5.82 Å². The number of nitrogens with one attached hydrogen (secondary N) is 1. The van der Waals surface area contributed by atoms with Crippen molar-refractivity contribution in [3.05, 3.63) is 59.1 Å². The van der Waals surface area contributed by atoms with Crippen molar-refractivity contribution in [2.24, 2.45) is 5.73 Å². The molecule has 2 atom stereocenters. The highest BCUT2D eigenvalue weighted by Crippen LogP contribution is 2.36. The first-order chi connectivity index (χ1) is 16.2. The lowest BCUT2D eigenvalue weighted by Gasteiger charge is -2.34. The van der Waals surface area contributed by atoms with Gasteiger partial charge in [-0.25, -0.2) is 28.7 Å². The number of halogens is 6. The normalized spacial score (nSPS) is 19.4. The number of hydrogen-bond donors (Lipinski definition) is 2. The van der Waals surface area contributed by atoms with E-state index < -0.39 is 29.6 Å². The van der Waals surface area contributed by atoms with Crippen molar-refractivity contribution in [2.45, 2.75) is 31.2 Å². The average molecular weight is 502 g/mol. The Morgan fingerprint density at radius 3 is 2.74 bits per heavy atom. The van der Waals surface area contributed by atoms with Gasteiger partial charge in [0, 0.05) is 31.4 Å². The fourth-order valence-electron chi connectivity index (χ4n) is 3.93. The number of hydrazine groups is 1. The number of benzene rings is 1. The van der Waals surface area contributed by atoms with Gasteiger partial charge in [-0.1, -0.05) is 11.6 Å². The summed E-state index contributed by atoms with van der Waals surface area (Å²) in [5, 5.41) is 1.93. The molecule has 0 amide bonds. The van der Waals surface area contributed by atoms with E-state index in [9.17, 15) is 17.6 Å². The lowest BCUT2D eigenvalue weighted by molar-refractivity contribution is -0.139. The third-order valence-electron chi connectivity index (χ3n) is 5.55. The van der Waals surface area contributed by atoms with Gasteiger partial charge in [0.25, 0.3) is 0 Å². The van der Waals surface area contributed by atoms with E-state index in [1.54, 1.807) is 9.58 Å². The second-order valence-corrected chi connectivity index (χ2v) is 8.25. The van der Waals surface area contributed by atoms with E-state index in [0.29, 0.717) is 42.2 Å². The zero-order chi connectivity index (χ0) is 24.5. The fourth-order valence-corrected chi connectivity index (χ4v) is 4.07. The molecule has 0 aliphatic carbocycles. The Labute approximate surface area is 196 Å². The molecule has 3 N–H and O–H groups in total. The summed E-state index contributed by atoms with van der Waals surface area (Å²) in [6.45, 7) is 0.969. The van der Waals surface area contributed by atoms with Gasteiger partial charge in [0.05, 0.1) is 29.9 Å². The molecule has 4 rings (SSSR count). The molecule has 1 saturated heterocycles. The molecule has 2 aromatic heterocycles. The van der Waals surface area contributed by atoms with E-state index in [0.717, 1.165) is 6.07 Å². The van der Waals surface area contributed by atoms with Crippen LogP contribution in [0.4, 0.5) is 27.8 Å². The lowest BCUT2D eigenvalue weighted by atomic mass is 9.94. The summed E-state index contributed by atoms with van der Waals surface area (Å²) in [7, 11) is 0. The Balaban J connectivity index is 1.57. The largest absolute Gasteiger partial charge is 0.419 e. The summed E-state index contributed by atoms with van der Waals surface area (Å²) < 4.78 is 70.1. The minimum Gasteiger partial charge on any atom is -0.333 e. The molecular weight excluding hydrogens is 481 g/mol. The molecule has 1 aromatic carbocycles. The highest BCUT2D eigenvalue weighted by molar-refractivity contribution is 6.32. The number of alkyl halides is 4. The molecule has 0 spiro atoms. The Hall–Kier alpha value is -2.83. The van der Waals surface area contributed by atoms with Gasteiger partial charge in [0.1, 0.15) is 29.2 Å². The Bertz CT molecular complexity index is 1150. The molecule has 1 fully saturated rings. The maximum Gasteiger partial charge on any atom is 0.419 e. The van der Waals surface area contributed by atoms with Crippen LogP contribution in [0.15, 0.2) is 36.9 Å². The van der Waals surface area contributed by atoms with Gasteiger partial charge >= 0.3 is 6.18 Å². The molecule has 3 aromatic rings. The van der Waals surface area contributed by atoms with Crippen LogP contribution in [0.5, 0.6) is 0 Å². The van der Waals surface area contributed by atoms with Gasteiger partial charge in [-0.15, -0.1) is 0 Å². The Morgan fingerprint density at radius 1 is 1.26 bits per heavy atom. The van der Waals surface area contributed by atoms with Crippen molar-refractivity contribution in [2.75, 3.05) is 25.1 Å². The van der Waals surface area contributed by atoms with E-state index in [1.807, 2.05) is 0 Å². The molecule has 0 saturated carbocycles. The molecule has 7 nitrogen and oxygen atoms in total. The van der Waals surface area contributed by atoms with Crippen molar-refractivity contribution >= 4 is 17.4 Å². The van der Waals surface area contributed by atoms with E-state index in [-0.39, 0.29) is 24.3 Å². The number of nitrogens with zero attached hydrogens (tertiary/aromatic N) is 5. The van der Waals surface area contributed by atoms with E-state index in [4.69, 9.17) is 17.3 Å². The van der Waals surface area contributed by atoms with Crippen molar-refractivity contribution < 1.29 is 22.0 Å². The highest BCUT2D eigenvalue weighted by Gasteiger charge is 2.36. The Kier molecular flexibility index (Phi) is 7.01. The van der Waals surface area contributed by atoms with Crippen molar-refractivity contribution in [3.63, 3.8) is 0 Å². The van der Waals surface area contributed by atoms with Crippen molar-refractivity contribution in [1.82, 2.24) is 24.5 Å². The van der Waals surface area contributed by atoms with Crippen LogP contribution in [-0.2, 0) is 12.7 Å². The van der Waals surface area contributed by atoms with Crippen LogP contribution >= 0.6 is 11.6 Å². The number of rotatable bonds is 6. The van der Waals surface area contributed by atoms with Gasteiger partial charge in [-0.2, -0.15) is 13.2 Å². The average Bonchev–Trinajstić information content (AvgIpc) is 3.19. The zero-order valence-electron chi connectivity index (χ0n) is 17.7. The zero-order valence-corrected chi connectivity index (χ0v) is 18.5. The van der Waals surface area contributed by atoms with Gasteiger partial charge in [-0.05, 0) is 24.6 Å². The summed E-state index contributed by atoms with van der Waals surface area (Å²) in [5.41, 5.74) is 7.54. The molecule has 1 aliphatic heterocycles. The number of nitrogens with two attached hydrogens (primary N) is 1. The molecule has 34 heavy (non-hydrogen) atoms. The van der Waals surface area contributed by atoms with Crippen LogP contribution < -0.4 is 11.2 Å². The minimum atomic E-state index is -4.85. The predicted molar refractivity (Wildman–Crippen MR) is 116 cm³/mol. The molecule has 3 heterocycles. The van der Waals surface area contributed by atoms with Crippen LogP contribution in [0.3, 0.4) is 0 Å². The minimum absolute atomic E-state index is 0.00455. The number of hydrogen-bond acceptors (Lipinski definition) is 6. The standard InChI is InChI=1S/C21H21ClF5N7/c22-15-8-29-11-30-19(15)32-34-5-3-13(17(24)9-34)20-31-18(10-33(20)6-4-28)12-1-2-16(23)14(7-12)21(25,26)27/h1-2,7-8,10-11,13,17H,3-6,9,28H2,(H,29,30,32)/t13-,17+/m0/s1. The van der Waals surface area contributed by atoms with E-state index in [2.05, 4.69) is 20.4 Å². The van der Waals surface area contributed by atoms with E-state index in [1.165, 1.54) is 24.8 Å². The van der Waals surface area contributed by atoms with E-state index >= 15 is 4.39 Å². The molecule has 0 unspecified atom stereocenters. The van der Waals surface area contributed by atoms with Crippen LogP contribution in [0.2, 0.25) is 5.02 Å². The molecule has 1 aliphatic rings. The van der Waals surface area contributed by atoms with Gasteiger partial charge in [-0.3, -0.25) is 0 Å². The number of imidazole rings is 1. The third-order valence-corrected chi connectivity index (χ3v) is 5.83. The molecule has 13 heteroatoms. The molecular formula is C21H21ClF5N7. The monoisotopic (exact) mass is 501 g/mol. The first-order valence-corrected chi connectivity index (χ1v) is 10.8. The number of piperidine rings is 1. The summed E-state index contributed by atoms with van der Waals surface area (Å²) in [6.07, 6.45) is -1.56. The lowest BCUT2D eigenvalue weighted by Crippen LogP contribution is -2.44. The maximum absolute atomic E-state index is 15.3. The van der Waals surface area contributed by atoms with Gasteiger partial charge in [0.2, 0.25) is 0 Å². The quantitative estimate of drug-likeness (QED) is 0.491. The summed E-state index contributed by atoms with van der Waals surface area (Å²) in [6, 6.07) is 2.67. The van der Waals surface area contributed by atoms with Crippen LogP contribution in [0.25, 0.3) is 11.3 Å². The molecule has 182 valence electrons. The number of anilines is 1. The highest BCUT2D eigenvalue weighted by atomic mass is 35.5. The first kappa shape index (κ1) is 24.3. The van der Waals surface area contributed by atoms with Gasteiger partial charge < -0.3 is 15.7 Å². The van der Waals surface area contributed by atoms with Gasteiger partial charge in [0.15, 0.2) is 5.82 Å². The second-order valence-electron chi connectivity index (χ2n) is 7.85. The summed E-state index contributed by atoms with van der Waals surface area (Å²) in [4.78, 5) is 12.3. The molecule has 0 bridgehead atoms. The van der Waals surface area contributed by atoms with Crippen molar-refractivity contribution in [1.29, 1.82) is 0 Å². The van der Waals surface area contributed by atoms with Crippen LogP contribution in [0.1, 0.15) is 23.7 Å². The predicted octanol–water partition coefficient (Wildman–Crippen LogP) is 4.26. The van der Waals surface area contributed by atoms with Crippen LogP contribution in [-0.4, -0.2) is 50.3 Å². The van der Waals surface area contributed by atoms with Crippen molar-refractivity contribution in [3.8, 4) is 11.3 Å². The SMILES string of the molecule is NCCn1cc(-c2ccc(F)c(C(F)(F)F)c2)nc1[C@H]1CCN(Nc2ncncc2Cl)C[C@H]1F. The summed E-state index contributed by atoms with van der Waals surface area (Å²) in [5.74, 6) is -1.25. The first-order valence-electron chi connectivity index (χ1n) is 10.4. The second kappa shape index (κ2) is 9.80. The fraction of sp³-hybridized carbons (Fsp3) is 0.381. The smallest absolute Gasteiger partial charge is 0.333 e. The molecule has 0 radical (unpaired) electrons. The Morgan fingerprint density at radius 2 is 2.06 bits per heavy atom.